The van der Waals surface area contributed by atoms with Crippen LogP contribution >= 0.6 is 0 Å². The molecule has 0 saturated heterocycles. The Morgan fingerprint density at radius 2 is 0.679 bits per heavy atom. The molecule has 0 fully saturated rings. The van der Waals surface area contributed by atoms with Crippen LogP contribution in [0.2, 0.25) is 0 Å². The monoisotopic (exact) mass is 993 g/mol. The average Bonchev–Trinajstić information content (AvgIpc) is 4.15. The molecule has 3 aliphatic rings. The topological polar surface area (TPSA) is 3.24 Å². The molecule has 0 radical (unpaired) electrons. The molecule has 3 aliphatic carbocycles. The normalized spacial score (nSPS) is 13.9. The zero-order chi connectivity index (χ0) is 52.0. The first kappa shape index (κ1) is 45.8. The summed E-state index contributed by atoms with van der Waals surface area (Å²) in [4.78, 5) is 2.49. The standard InChI is InChI=1S/C77H55N/c1-76(2)69-36-17-12-31-61(69)64-44-42-59(50-74(64)76)78(60-47-56(51-23-6-3-7-24-51)45-57(48-60)52-25-8-4-9-26-52)58-30-22-29-54(46-58)55-41-43-65(68(49-55)53-27-10-5-11-28-53)75-66-34-15-20-39-72(66)77(73-40-21-16-35-67(73)75)70-37-18-13-32-62(70)63-33-14-19-38-71(63)77/h3-50,75H,1-2H3. The Morgan fingerprint density at radius 3 is 1.27 bits per heavy atom. The lowest BCUT2D eigenvalue weighted by atomic mass is 9.58. The maximum Gasteiger partial charge on any atom is 0.0719 e. The average molecular weight is 994 g/mol. The molecule has 1 heteroatoms. The quantitative estimate of drug-likeness (QED) is 0.147. The molecule has 1 nitrogen and oxygen atoms in total. The minimum Gasteiger partial charge on any atom is -0.310 e. The highest BCUT2D eigenvalue weighted by Crippen LogP contribution is 2.62. The number of hydrogen-bond acceptors (Lipinski definition) is 1. The Bertz CT molecular complexity index is 4150. The van der Waals surface area contributed by atoms with Gasteiger partial charge in [0.15, 0.2) is 0 Å². The van der Waals surface area contributed by atoms with Crippen LogP contribution in [-0.2, 0) is 10.8 Å². The zero-order valence-electron chi connectivity index (χ0n) is 43.7. The summed E-state index contributed by atoms with van der Waals surface area (Å²) in [5, 5.41) is 0. The van der Waals surface area contributed by atoms with Gasteiger partial charge in [-0.2, -0.15) is 0 Å². The van der Waals surface area contributed by atoms with Crippen LogP contribution in [0.1, 0.15) is 69.8 Å². The highest BCUT2D eigenvalue weighted by molar-refractivity contribution is 5.92. The van der Waals surface area contributed by atoms with E-state index in [4.69, 9.17) is 0 Å². The van der Waals surface area contributed by atoms with Crippen molar-refractivity contribution in [2.75, 3.05) is 4.90 Å². The highest BCUT2D eigenvalue weighted by Gasteiger charge is 2.51. The molecule has 12 aromatic rings. The number of benzene rings is 12. The van der Waals surface area contributed by atoms with Crippen LogP contribution in [0, 0.1) is 0 Å². The molecular formula is C77H55N. The van der Waals surface area contributed by atoms with E-state index in [1.807, 2.05) is 0 Å². The van der Waals surface area contributed by atoms with E-state index >= 15 is 0 Å². The SMILES string of the molecule is CC1(C)c2ccccc2-c2ccc(N(c3cccc(-c4ccc(C5c6ccccc6C6(c7ccccc7-c7ccccc76)c6ccccc65)c(-c5ccccc5)c4)c3)c3cc(-c4ccccc4)cc(-c4ccccc4)c3)cc21. The van der Waals surface area contributed by atoms with Crippen molar-refractivity contribution in [3.05, 3.63) is 341 Å². The smallest absolute Gasteiger partial charge is 0.0719 e. The van der Waals surface area contributed by atoms with Crippen LogP contribution < -0.4 is 4.90 Å². The van der Waals surface area contributed by atoms with Gasteiger partial charge in [-0.3, -0.25) is 0 Å². The second kappa shape index (κ2) is 18.0. The van der Waals surface area contributed by atoms with Gasteiger partial charge >= 0.3 is 0 Å². The van der Waals surface area contributed by atoms with Crippen LogP contribution in [-0.4, -0.2) is 0 Å². The van der Waals surface area contributed by atoms with Gasteiger partial charge in [-0.25, -0.2) is 0 Å². The van der Waals surface area contributed by atoms with Crippen molar-refractivity contribution >= 4 is 17.1 Å². The summed E-state index contributed by atoms with van der Waals surface area (Å²) in [6, 6.07) is 109. The van der Waals surface area contributed by atoms with E-state index in [-0.39, 0.29) is 11.3 Å². The van der Waals surface area contributed by atoms with Crippen LogP contribution in [0.15, 0.2) is 291 Å². The summed E-state index contributed by atoms with van der Waals surface area (Å²) in [5.74, 6) is -0.0140. The van der Waals surface area contributed by atoms with E-state index in [9.17, 15) is 0 Å². The first-order valence-corrected chi connectivity index (χ1v) is 27.4. The van der Waals surface area contributed by atoms with E-state index in [1.165, 1.54) is 111 Å². The second-order valence-corrected chi connectivity index (χ2v) is 21.9. The summed E-state index contributed by atoms with van der Waals surface area (Å²) in [6.45, 7) is 4.75. The number of rotatable bonds is 8. The van der Waals surface area contributed by atoms with Gasteiger partial charge in [0.05, 0.1) is 5.41 Å². The van der Waals surface area contributed by atoms with Crippen LogP contribution in [0.25, 0.3) is 66.8 Å². The molecule has 12 aromatic carbocycles. The molecule has 0 heterocycles. The van der Waals surface area contributed by atoms with Gasteiger partial charge in [-0.15, -0.1) is 0 Å². The summed E-state index contributed by atoms with van der Waals surface area (Å²) >= 11 is 0. The number of nitrogens with zero attached hydrogens (tertiary/aromatic N) is 1. The van der Waals surface area contributed by atoms with Crippen LogP contribution in [0.4, 0.5) is 17.1 Å². The lowest BCUT2D eigenvalue weighted by Gasteiger charge is -2.43. The first-order chi connectivity index (χ1) is 38.4. The molecule has 78 heavy (non-hydrogen) atoms. The molecule has 15 rings (SSSR count). The van der Waals surface area contributed by atoms with Crippen LogP contribution in [0.5, 0.6) is 0 Å². The molecule has 0 aromatic heterocycles. The van der Waals surface area contributed by atoms with Crippen molar-refractivity contribution < 1.29 is 0 Å². The molecule has 368 valence electrons. The maximum absolute atomic E-state index is 2.49. The maximum atomic E-state index is 2.49. The van der Waals surface area contributed by atoms with Gasteiger partial charge in [0.25, 0.3) is 0 Å². The number of anilines is 3. The van der Waals surface area contributed by atoms with Crippen LogP contribution in [0.3, 0.4) is 0 Å². The molecule has 0 aliphatic heterocycles. The largest absolute Gasteiger partial charge is 0.310 e. The fraction of sp³-hybridized carbons (Fsp3) is 0.0649. The minimum absolute atomic E-state index is 0.0140. The van der Waals surface area contributed by atoms with E-state index in [0.29, 0.717) is 0 Å². The molecule has 1 spiro atoms. The van der Waals surface area contributed by atoms with Gasteiger partial charge in [0.2, 0.25) is 0 Å². The third-order valence-electron chi connectivity index (χ3n) is 17.4. The third-order valence-corrected chi connectivity index (χ3v) is 17.4. The first-order valence-electron chi connectivity index (χ1n) is 27.4. The van der Waals surface area contributed by atoms with Gasteiger partial charge in [0, 0.05) is 28.4 Å². The van der Waals surface area contributed by atoms with Crippen molar-refractivity contribution in [2.45, 2.75) is 30.6 Å². The number of fused-ring (bicyclic) bond motifs is 12. The van der Waals surface area contributed by atoms with Gasteiger partial charge in [-0.05, 0) is 165 Å². The Hall–Kier alpha value is -9.56. The van der Waals surface area contributed by atoms with Crippen molar-refractivity contribution in [2.24, 2.45) is 0 Å². The number of hydrogen-bond donors (Lipinski definition) is 0. The Morgan fingerprint density at radius 1 is 0.244 bits per heavy atom. The second-order valence-electron chi connectivity index (χ2n) is 21.9. The lowest BCUT2D eigenvalue weighted by Crippen LogP contribution is -2.36. The van der Waals surface area contributed by atoms with E-state index in [1.54, 1.807) is 0 Å². The highest BCUT2D eigenvalue weighted by atomic mass is 15.1. The van der Waals surface area contributed by atoms with Crippen molar-refractivity contribution in [1.82, 2.24) is 0 Å². The fourth-order valence-electron chi connectivity index (χ4n) is 13.9. The molecule has 0 N–H and O–H groups in total. The zero-order valence-corrected chi connectivity index (χ0v) is 43.7. The van der Waals surface area contributed by atoms with E-state index in [0.717, 1.165) is 22.6 Å². The molecular weight excluding hydrogens is 939 g/mol. The Kier molecular flexibility index (Phi) is 10.6. The Balaban J connectivity index is 0.916. The van der Waals surface area contributed by atoms with Gasteiger partial charge < -0.3 is 4.90 Å². The summed E-state index contributed by atoms with van der Waals surface area (Å²) < 4.78 is 0. The predicted octanol–water partition coefficient (Wildman–Crippen LogP) is 20.0. The molecule has 0 amide bonds. The van der Waals surface area contributed by atoms with E-state index < -0.39 is 5.41 Å². The molecule has 0 unspecified atom stereocenters. The summed E-state index contributed by atoms with van der Waals surface area (Å²) in [5.41, 5.74) is 29.5. The summed E-state index contributed by atoms with van der Waals surface area (Å²) in [7, 11) is 0. The molecule has 0 bridgehead atoms. The van der Waals surface area contributed by atoms with Crippen molar-refractivity contribution in [1.29, 1.82) is 0 Å². The van der Waals surface area contributed by atoms with E-state index in [2.05, 4.69) is 310 Å². The predicted molar refractivity (Wildman–Crippen MR) is 325 cm³/mol. The third kappa shape index (κ3) is 7.01. The van der Waals surface area contributed by atoms with Gasteiger partial charge in [-0.1, -0.05) is 257 Å². The fourth-order valence-corrected chi connectivity index (χ4v) is 13.9. The van der Waals surface area contributed by atoms with Crippen molar-refractivity contribution in [3.8, 4) is 66.8 Å². The summed E-state index contributed by atoms with van der Waals surface area (Å²) in [6.07, 6.45) is 0. The van der Waals surface area contributed by atoms with Gasteiger partial charge in [0.1, 0.15) is 0 Å². The lowest BCUT2D eigenvalue weighted by molar-refractivity contribution is 0.660. The molecule has 0 atom stereocenters. The molecule has 0 saturated carbocycles. The van der Waals surface area contributed by atoms with Crippen molar-refractivity contribution in [3.63, 3.8) is 0 Å². The minimum atomic E-state index is -0.447. The Labute approximate surface area is 458 Å².